The number of fused-ring (bicyclic) bond motifs is 1. The van der Waals surface area contributed by atoms with E-state index in [1.54, 1.807) is 11.3 Å². The molecule has 2 aromatic rings. The maximum atomic E-state index is 11.5. The minimum absolute atomic E-state index is 0.462. The lowest BCUT2D eigenvalue weighted by molar-refractivity contribution is 0.378. The Morgan fingerprint density at radius 1 is 1.33 bits per heavy atom. The number of nitrogens with zero attached hydrogens (tertiary/aromatic N) is 2. The third-order valence-electron chi connectivity index (χ3n) is 3.41. The first-order chi connectivity index (χ1) is 9.86. The van der Waals surface area contributed by atoms with Crippen molar-refractivity contribution in [3.8, 4) is 0 Å². The van der Waals surface area contributed by atoms with Crippen LogP contribution in [0.2, 0.25) is 0 Å². The van der Waals surface area contributed by atoms with E-state index in [1.807, 2.05) is 16.3 Å². The van der Waals surface area contributed by atoms with E-state index in [1.165, 1.54) is 10.6 Å². The molecule has 1 aliphatic heterocycles. The first-order valence-corrected chi connectivity index (χ1v) is 10.2. The average molecular weight is 409 g/mol. The molecule has 0 unspecified atom stereocenters. The van der Waals surface area contributed by atoms with E-state index in [2.05, 4.69) is 15.9 Å². The molecule has 0 aromatic carbocycles. The van der Waals surface area contributed by atoms with Crippen molar-refractivity contribution in [1.82, 2.24) is 4.31 Å². The van der Waals surface area contributed by atoms with Crippen LogP contribution in [0.5, 0.6) is 0 Å². The summed E-state index contributed by atoms with van der Waals surface area (Å²) in [6.45, 7) is 2.12. The van der Waals surface area contributed by atoms with Crippen LogP contribution in [0.1, 0.15) is 0 Å². The lowest BCUT2D eigenvalue weighted by Gasteiger charge is -2.33. The van der Waals surface area contributed by atoms with Crippen LogP contribution in [0.4, 0.5) is 5.88 Å². The van der Waals surface area contributed by atoms with Gasteiger partial charge in [-0.2, -0.15) is 4.31 Å². The first kappa shape index (κ1) is 15.4. The summed E-state index contributed by atoms with van der Waals surface area (Å²) in [5.41, 5.74) is 0.757. The third-order valence-corrected chi connectivity index (χ3v) is 7.05. The van der Waals surface area contributed by atoms with Gasteiger partial charge in [0, 0.05) is 37.6 Å². The molecule has 3 rings (SSSR count). The normalized spacial score (nSPS) is 17.5. The summed E-state index contributed by atoms with van der Waals surface area (Å²) in [5.74, 6) is 0.694. The van der Waals surface area contributed by atoms with Gasteiger partial charge in [0.15, 0.2) is 11.5 Å². The molecule has 21 heavy (non-hydrogen) atoms. The largest absolute Gasteiger partial charge is 0.438 e. The molecule has 1 fully saturated rings. The van der Waals surface area contributed by atoms with Crippen molar-refractivity contribution < 1.29 is 12.8 Å². The SMILES string of the molecule is CS(=O)(=O)N1CCN(c2cc(=S)c3scc(Br)c3o2)CC1. The van der Waals surface area contributed by atoms with Gasteiger partial charge in [0.1, 0.15) is 0 Å². The van der Waals surface area contributed by atoms with Crippen molar-refractivity contribution in [2.75, 3.05) is 37.3 Å². The van der Waals surface area contributed by atoms with Crippen molar-refractivity contribution in [3.05, 3.63) is 20.4 Å². The molecule has 0 N–H and O–H groups in total. The second-order valence-electron chi connectivity index (χ2n) is 4.84. The molecule has 0 saturated carbocycles. The number of piperazine rings is 1. The fourth-order valence-corrected chi connectivity index (χ4v) is 4.92. The molecule has 0 bridgehead atoms. The Labute approximate surface area is 140 Å². The van der Waals surface area contributed by atoms with E-state index in [0.717, 1.165) is 19.3 Å². The molecule has 114 valence electrons. The smallest absolute Gasteiger partial charge is 0.211 e. The Kier molecular flexibility index (Phi) is 4.12. The summed E-state index contributed by atoms with van der Waals surface area (Å²) >= 11 is 10.4. The zero-order valence-corrected chi connectivity index (χ0v) is 15.2. The monoisotopic (exact) mass is 408 g/mol. The molecule has 3 heterocycles. The van der Waals surface area contributed by atoms with Crippen LogP contribution in [-0.4, -0.2) is 45.2 Å². The van der Waals surface area contributed by atoms with Gasteiger partial charge in [0.2, 0.25) is 10.0 Å². The van der Waals surface area contributed by atoms with Gasteiger partial charge >= 0.3 is 0 Å². The number of halogens is 1. The minimum atomic E-state index is -3.12. The molecule has 1 aliphatic rings. The Balaban J connectivity index is 1.89. The van der Waals surface area contributed by atoms with E-state index >= 15 is 0 Å². The molecule has 0 spiro atoms. The number of hydrogen-bond donors (Lipinski definition) is 0. The molecule has 1 saturated heterocycles. The average Bonchev–Trinajstić information content (AvgIpc) is 2.80. The molecule has 0 amide bonds. The highest BCUT2D eigenvalue weighted by Gasteiger charge is 2.25. The van der Waals surface area contributed by atoms with Crippen LogP contribution in [-0.2, 0) is 10.0 Å². The van der Waals surface area contributed by atoms with Crippen LogP contribution in [0.25, 0.3) is 10.3 Å². The Morgan fingerprint density at radius 3 is 2.62 bits per heavy atom. The predicted molar refractivity (Wildman–Crippen MR) is 91.3 cm³/mol. The maximum absolute atomic E-state index is 11.5. The topological polar surface area (TPSA) is 53.8 Å². The van der Waals surface area contributed by atoms with Crippen LogP contribution in [0, 0.1) is 4.51 Å². The van der Waals surface area contributed by atoms with Crippen LogP contribution < -0.4 is 4.90 Å². The van der Waals surface area contributed by atoms with E-state index in [0.29, 0.717) is 32.1 Å². The van der Waals surface area contributed by atoms with Crippen molar-refractivity contribution in [2.24, 2.45) is 0 Å². The summed E-state index contributed by atoms with van der Waals surface area (Å²) in [5, 5.41) is 1.95. The summed E-state index contributed by atoms with van der Waals surface area (Å²) in [6, 6.07) is 1.84. The molecule has 0 atom stereocenters. The maximum Gasteiger partial charge on any atom is 0.211 e. The van der Waals surface area contributed by atoms with E-state index in [9.17, 15) is 8.42 Å². The van der Waals surface area contributed by atoms with E-state index in [-0.39, 0.29) is 0 Å². The number of sulfonamides is 1. The highest BCUT2D eigenvalue weighted by molar-refractivity contribution is 9.10. The second kappa shape index (κ2) is 5.62. The van der Waals surface area contributed by atoms with Gasteiger partial charge < -0.3 is 9.32 Å². The van der Waals surface area contributed by atoms with Crippen LogP contribution in [0.3, 0.4) is 0 Å². The summed E-state index contributed by atoms with van der Waals surface area (Å²) < 4.78 is 33.1. The molecule has 5 nitrogen and oxygen atoms in total. The van der Waals surface area contributed by atoms with Crippen molar-refractivity contribution in [1.29, 1.82) is 0 Å². The standard InChI is InChI=1S/C12H13BrN2O3S3/c1-21(16,17)15-4-2-14(3-5-15)10-6-9(19)12-11(18-10)8(13)7-20-12/h6-7H,2-5H2,1H3. The number of hydrogen-bond acceptors (Lipinski definition) is 6. The van der Waals surface area contributed by atoms with Crippen molar-refractivity contribution >= 4 is 65.7 Å². The number of thiophene rings is 1. The lowest BCUT2D eigenvalue weighted by Crippen LogP contribution is -2.48. The highest BCUT2D eigenvalue weighted by Crippen LogP contribution is 2.34. The Bertz CT molecular complexity index is 835. The number of rotatable bonds is 2. The minimum Gasteiger partial charge on any atom is -0.438 e. The zero-order valence-electron chi connectivity index (χ0n) is 11.2. The van der Waals surface area contributed by atoms with Gasteiger partial charge in [0.05, 0.1) is 19.9 Å². The molecule has 9 heteroatoms. The van der Waals surface area contributed by atoms with Gasteiger partial charge in [-0.1, -0.05) is 12.2 Å². The van der Waals surface area contributed by atoms with Gasteiger partial charge in [-0.05, 0) is 15.9 Å². The third kappa shape index (κ3) is 3.02. The van der Waals surface area contributed by atoms with Gasteiger partial charge in [-0.25, -0.2) is 8.42 Å². The van der Waals surface area contributed by atoms with Gasteiger partial charge in [-0.15, -0.1) is 11.3 Å². The Hall–Kier alpha value is -0.480. The van der Waals surface area contributed by atoms with Crippen molar-refractivity contribution in [3.63, 3.8) is 0 Å². The lowest BCUT2D eigenvalue weighted by atomic mass is 10.3. The van der Waals surface area contributed by atoms with Crippen LogP contribution in [0.15, 0.2) is 20.3 Å². The molecule has 0 radical (unpaired) electrons. The van der Waals surface area contributed by atoms with Crippen LogP contribution >= 0.6 is 39.5 Å². The fourth-order valence-electron chi connectivity index (χ4n) is 2.30. The quantitative estimate of drug-likeness (QED) is 0.714. The zero-order chi connectivity index (χ0) is 15.2. The van der Waals surface area contributed by atoms with E-state index < -0.39 is 10.0 Å². The van der Waals surface area contributed by atoms with E-state index in [4.69, 9.17) is 16.6 Å². The summed E-state index contributed by atoms with van der Waals surface area (Å²) in [6.07, 6.45) is 1.24. The molecule has 0 aliphatic carbocycles. The summed E-state index contributed by atoms with van der Waals surface area (Å²) in [7, 11) is -3.12. The highest BCUT2D eigenvalue weighted by atomic mass is 79.9. The summed E-state index contributed by atoms with van der Waals surface area (Å²) in [4.78, 5) is 2.03. The predicted octanol–water partition coefficient (Wildman–Crippen LogP) is 3.07. The molecular formula is C12H13BrN2O3S3. The van der Waals surface area contributed by atoms with Gasteiger partial charge in [0.25, 0.3) is 0 Å². The van der Waals surface area contributed by atoms with Gasteiger partial charge in [-0.3, -0.25) is 0 Å². The van der Waals surface area contributed by atoms with Crippen molar-refractivity contribution in [2.45, 2.75) is 0 Å². The fraction of sp³-hybridized carbons (Fsp3) is 0.417. The molecular weight excluding hydrogens is 396 g/mol. The molecule has 2 aromatic heterocycles. The number of anilines is 1. The second-order valence-corrected chi connectivity index (χ2v) is 9.00. The first-order valence-electron chi connectivity index (χ1n) is 6.27. The Morgan fingerprint density at radius 2 is 2.00 bits per heavy atom.